The second-order valence-corrected chi connectivity index (χ2v) is 5.77. The second-order valence-electron chi connectivity index (χ2n) is 5.77. The fourth-order valence-corrected chi connectivity index (χ4v) is 2.30. The number of rotatable bonds is 8. The van der Waals surface area contributed by atoms with Crippen molar-refractivity contribution in [2.75, 3.05) is 6.73 Å². The molecule has 0 saturated heterocycles. The standard InChI is InChI=1S/C20H22N2O5/c1-15(23)27-14-21-19(24)18(12-16-8-4-2-5-9-16)22-20(25)26-13-17-10-6-3-7-11-17/h2-11,18H,12-14H2,1H3,(H,21,24)(H,22,25)/t18-/m0/s1. The maximum absolute atomic E-state index is 12.4. The second kappa shape index (κ2) is 10.6. The lowest BCUT2D eigenvalue weighted by atomic mass is 10.1. The van der Waals surface area contributed by atoms with Crippen LogP contribution in [0.5, 0.6) is 0 Å². The van der Waals surface area contributed by atoms with Gasteiger partial charge < -0.3 is 20.1 Å². The summed E-state index contributed by atoms with van der Waals surface area (Å²) in [6.45, 7) is 1.08. The minimum absolute atomic E-state index is 0.0970. The molecule has 0 fully saturated rings. The Morgan fingerprint density at radius 3 is 2.07 bits per heavy atom. The Morgan fingerprint density at radius 1 is 0.889 bits per heavy atom. The minimum atomic E-state index is -0.869. The predicted molar refractivity (Wildman–Crippen MR) is 98.5 cm³/mol. The highest BCUT2D eigenvalue weighted by atomic mass is 16.5. The van der Waals surface area contributed by atoms with Crippen molar-refractivity contribution in [3.63, 3.8) is 0 Å². The summed E-state index contributed by atoms with van der Waals surface area (Å²) >= 11 is 0. The zero-order valence-electron chi connectivity index (χ0n) is 15.0. The number of carbonyl (C=O) groups excluding carboxylic acids is 3. The first-order chi connectivity index (χ1) is 13.0. The van der Waals surface area contributed by atoms with Crippen LogP contribution in [0.15, 0.2) is 60.7 Å². The third-order valence-electron chi connectivity index (χ3n) is 3.63. The first-order valence-corrected chi connectivity index (χ1v) is 8.47. The van der Waals surface area contributed by atoms with E-state index in [0.29, 0.717) is 0 Å². The molecule has 0 aliphatic carbocycles. The van der Waals surface area contributed by atoms with Gasteiger partial charge in [0.05, 0.1) is 0 Å². The van der Waals surface area contributed by atoms with Gasteiger partial charge in [-0.05, 0) is 11.1 Å². The van der Waals surface area contributed by atoms with Crippen molar-refractivity contribution in [2.24, 2.45) is 0 Å². The maximum atomic E-state index is 12.4. The molecular weight excluding hydrogens is 348 g/mol. The van der Waals surface area contributed by atoms with E-state index in [1.807, 2.05) is 60.7 Å². The summed E-state index contributed by atoms with van der Waals surface area (Å²) in [5.41, 5.74) is 1.71. The minimum Gasteiger partial charge on any atom is -0.445 e. The summed E-state index contributed by atoms with van der Waals surface area (Å²) in [4.78, 5) is 35.3. The van der Waals surface area contributed by atoms with Crippen LogP contribution in [-0.4, -0.2) is 30.7 Å². The highest BCUT2D eigenvalue weighted by molar-refractivity contribution is 5.86. The smallest absolute Gasteiger partial charge is 0.408 e. The van der Waals surface area contributed by atoms with Crippen molar-refractivity contribution in [3.8, 4) is 0 Å². The van der Waals surface area contributed by atoms with Crippen LogP contribution in [-0.2, 0) is 32.1 Å². The highest BCUT2D eigenvalue weighted by Gasteiger charge is 2.22. The molecule has 0 unspecified atom stereocenters. The number of alkyl carbamates (subject to hydrolysis) is 1. The molecule has 0 aromatic heterocycles. The van der Waals surface area contributed by atoms with Gasteiger partial charge in [-0.3, -0.25) is 9.59 Å². The van der Waals surface area contributed by atoms with Gasteiger partial charge in [-0.1, -0.05) is 60.7 Å². The molecule has 7 nitrogen and oxygen atoms in total. The third kappa shape index (κ3) is 7.60. The van der Waals surface area contributed by atoms with Crippen molar-refractivity contribution in [2.45, 2.75) is 26.0 Å². The number of esters is 1. The fourth-order valence-electron chi connectivity index (χ4n) is 2.30. The predicted octanol–water partition coefficient (Wildman–Crippen LogP) is 2.16. The van der Waals surface area contributed by atoms with Crippen molar-refractivity contribution in [1.29, 1.82) is 0 Å². The van der Waals surface area contributed by atoms with Crippen LogP contribution >= 0.6 is 0 Å². The number of nitrogens with one attached hydrogen (secondary N) is 2. The number of hydrogen-bond acceptors (Lipinski definition) is 5. The van der Waals surface area contributed by atoms with Gasteiger partial charge in [0.2, 0.25) is 5.91 Å². The van der Waals surface area contributed by atoms with E-state index < -0.39 is 24.0 Å². The lowest BCUT2D eigenvalue weighted by Gasteiger charge is -2.18. The van der Waals surface area contributed by atoms with E-state index in [-0.39, 0.29) is 19.8 Å². The maximum Gasteiger partial charge on any atom is 0.408 e. The number of benzene rings is 2. The van der Waals surface area contributed by atoms with Crippen LogP contribution in [0.25, 0.3) is 0 Å². The van der Waals surface area contributed by atoms with E-state index in [2.05, 4.69) is 10.6 Å². The van der Waals surface area contributed by atoms with E-state index in [1.165, 1.54) is 6.92 Å². The molecule has 2 rings (SSSR count). The molecule has 0 bridgehead atoms. The molecule has 2 aromatic rings. The van der Waals surface area contributed by atoms with E-state index in [1.54, 1.807) is 0 Å². The van der Waals surface area contributed by atoms with E-state index in [0.717, 1.165) is 11.1 Å². The SMILES string of the molecule is CC(=O)OCNC(=O)[C@H](Cc1ccccc1)NC(=O)OCc1ccccc1. The largest absolute Gasteiger partial charge is 0.445 e. The molecule has 0 aliphatic rings. The molecule has 2 amide bonds. The van der Waals surface area contributed by atoms with E-state index in [4.69, 9.17) is 9.47 Å². The summed E-state index contributed by atoms with van der Waals surface area (Å²) < 4.78 is 9.88. The van der Waals surface area contributed by atoms with Gasteiger partial charge in [0.25, 0.3) is 0 Å². The topological polar surface area (TPSA) is 93.7 Å². The van der Waals surface area contributed by atoms with Gasteiger partial charge in [0, 0.05) is 13.3 Å². The van der Waals surface area contributed by atoms with Crippen molar-refractivity contribution < 1.29 is 23.9 Å². The molecular formula is C20H22N2O5. The summed E-state index contributed by atoms with van der Waals surface area (Å²) in [6, 6.07) is 17.6. The molecule has 0 spiro atoms. The molecule has 142 valence electrons. The monoisotopic (exact) mass is 370 g/mol. The Labute approximate surface area is 157 Å². The number of ether oxygens (including phenoxy) is 2. The van der Waals surface area contributed by atoms with Gasteiger partial charge in [-0.25, -0.2) is 4.79 Å². The Kier molecular flexibility index (Phi) is 7.84. The molecule has 0 aliphatic heterocycles. The summed E-state index contributed by atoms with van der Waals surface area (Å²) in [5, 5.41) is 5.02. The molecule has 0 radical (unpaired) electrons. The summed E-state index contributed by atoms with van der Waals surface area (Å²) in [5.74, 6) is -0.984. The van der Waals surface area contributed by atoms with Gasteiger partial charge in [-0.15, -0.1) is 0 Å². The van der Waals surface area contributed by atoms with E-state index in [9.17, 15) is 14.4 Å². The average Bonchev–Trinajstić information content (AvgIpc) is 2.67. The van der Waals surface area contributed by atoms with Crippen LogP contribution in [0, 0.1) is 0 Å². The Hall–Kier alpha value is -3.35. The molecule has 2 aromatic carbocycles. The first kappa shape index (κ1) is 20.0. The average molecular weight is 370 g/mol. The molecule has 1 atom stereocenters. The molecule has 7 heteroatoms. The normalized spacial score (nSPS) is 11.1. The van der Waals surface area contributed by atoms with Crippen LogP contribution in [0.2, 0.25) is 0 Å². The lowest BCUT2D eigenvalue weighted by molar-refractivity contribution is -0.143. The first-order valence-electron chi connectivity index (χ1n) is 8.47. The van der Waals surface area contributed by atoms with E-state index >= 15 is 0 Å². The van der Waals surface area contributed by atoms with Gasteiger partial charge in [0.1, 0.15) is 12.6 Å². The zero-order chi connectivity index (χ0) is 19.5. The quantitative estimate of drug-likeness (QED) is 0.549. The Bertz CT molecular complexity index is 749. The third-order valence-corrected chi connectivity index (χ3v) is 3.63. The Morgan fingerprint density at radius 2 is 1.48 bits per heavy atom. The molecule has 27 heavy (non-hydrogen) atoms. The lowest BCUT2D eigenvalue weighted by Crippen LogP contribution is -2.48. The summed E-state index contributed by atoms with van der Waals surface area (Å²) in [7, 11) is 0. The number of amides is 2. The summed E-state index contributed by atoms with van der Waals surface area (Å²) in [6.07, 6.45) is -0.435. The van der Waals surface area contributed by atoms with Gasteiger partial charge >= 0.3 is 12.1 Å². The molecule has 2 N–H and O–H groups in total. The van der Waals surface area contributed by atoms with Gasteiger partial charge in [0.15, 0.2) is 6.73 Å². The van der Waals surface area contributed by atoms with Crippen LogP contribution in [0.1, 0.15) is 18.1 Å². The fraction of sp³-hybridized carbons (Fsp3) is 0.250. The van der Waals surface area contributed by atoms with Crippen molar-refractivity contribution in [3.05, 3.63) is 71.8 Å². The van der Waals surface area contributed by atoms with Crippen LogP contribution in [0.3, 0.4) is 0 Å². The van der Waals surface area contributed by atoms with Crippen LogP contribution < -0.4 is 10.6 Å². The number of carbonyl (C=O) groups is 3. The highest BCUT2D eigenvalue weighted by Crippen LogP contribution is 2.05. The van der Waals surface area contributed by atoms with Crippen molar-refractivity contribution in [1.82, 2.24) is 10.6 Å². The van der Waals surface area contributed by atoms with Gasteiger partial charge in [-0.2, -0.15) is 0 Å². The number of hydrogen-bond donors (Lipinski definition) is 2. The zero-order valence-corrected chi connectivity index (χ0v) is 15.0. The van der Waals surface area contributed by atoms with Crippen molar-refractivity contribution >= 4 is 18.0 Å². The molecule has 0 heterocycles. The molecule has 0 saturated carbocycles. The van der Waals surface area contributed by atoms with Crippen LogP contribution in [0.4, 0.5) is 4.79 Å². The Balaban J connectivity index is 1.94.